The van der Waals surface area contributed by atoms with Crippen LogP contribution in [0.2, 0.25) is 0 Å². The normalized spacial score (nSPS) is 11.7. The van der Waals surface area contributed by atoms with E-state index in [1.54, 1.807) is 0 Å². The van der Waals surface area contributed by atoms with Crippen LogP contribution in [0.1, 0.15) is 5.56 Å². The summed E-state index contributed by atoms with van der Waals surface area (Å²) in [6.45, 7) is 0. The fourth-order valence-corrected chi connectivity index (χ4v) is 8.90. The van der Waals surface area contributed by atoms with Crippen LogP contribution in [0.15, 0.2) is 186 Å². The van der Waals surface area contributed by atoms with Crippen LogP contribution in [0, 0.1) is 11.3 Å². The van der Waals surface area contributed by atoms with E-state index in [0.29, 0.717) is 39.8 Å². The number of hydrogen-bond donors (Lipinski definition) is 0. The molecule has 0 atom stereocenters. The first-order chi connectivity index (χ1) is 29.2. The first-order valence-electron chi connectivity index (χ1n) is 19.5. The predicted molar refractivity (Wildman–Crippen MR) is 237 cm³/mol. The Labute approximate surface area is 337 Å². The summed E-state index contributed by atoms with van der Waals surface area (Å²) < 4.78 is 11.6. The third-order valence-electron chi connectivity index (χ3n) is 11.4. The zero-order valence-corrected chi connectivity index (χ0v) is 31.4. The van der Waals surface area contributed by atoms with Gasteiger partial charge in [0.15, 0.2) is 23.1 Å². The molecular weight excluding hydrogens is 725 g/mol. The highest BCUT2D eigenvalue weighted by Gasteiger charge is 2.27. The molecular formula is C52H30N6O. The molecule has 4 heterocycles. The van der Waals surface area contributed by atoms with Gasteiger partial charge >= 0.3 is 0 Å². The maximum atomic E-state index is 11.2. The molecule has 0 aliphatic carbocycles. The highest BCUT2D eigenvalue weighted by molar-refractivity contribution is 6.27. The van der Waals surface area contributed by atoms with Gasteiger partial charge in [0, 0.05) is 54.7 Å². The molecule has 0 unspecified atom stereocenters. The van der Waals surface area contributed by atoms with E-state index in [0.717, 1.165) is 76.9 Å². The van der Waals surface area contributed by atoms with Crippen LogP contribution in [0.25, 0.3) is 111 Å². The average Bonchev–Trinajstić information content (AvgIpc) is 3.97. The maximum Gasteiger partial charge on any atom is 0.166 e. The molecule has 12 aromatic rings. The van der Waals surface area contributed by atoms with Crippen LogP contribution in [-0.4, -0.2) is 24.1 Å². The van der Waals surface area contributed by atoms with E-state index < -0.39 is 0 Å². The van der Waals surface area contributed by atoms with Gasteiger partial charge in [-0.25, -0.2) is 15.0 Å². The van der Waals surface area contributed by atoms with Crippen LogP contribution in [0.4, 0.5) is 0 Å². The van der Waals surface area contributed by atoms with Gasteiger partial charge in [0.2, 0.25) is 0 Å². The number of hydrogen-bond acceptors (Lipinski definition) is 5. The zero-order valence-electron chi connectivity index (χ0n) is 31.4. The van der Waals surface area contributed by atoms with E-state index in [9.17, 15) is 5.26 Å². The lowest BCUT2D eigenvalue weighted by Crippen LogP contribution is -2.03. The molecule has 0 fully saturated rings. The number of para-hydroxylation sites is 4. The van der Waals surface area contributed by atoms with Crippen molar-refractivity contribution in [1.29, 1.82) is 5.26 Å². The van der Waals surface area contributed by atoms with Gasteiger partial charge in [-0.3, -0.25) is 0 Å². The standard InChI is InChI=1S/C52H30N6O/c53-31-34-30-43(58-40-25-13-10-22-36(40)37-28-29-42-46(48(37)58)38-23-11-14-26-41(38)57(42)35-20-8-3-9-21-35)49-47(39-24-12-15-27-44(39)59-49)45(34)52-55-50(32-16-4-1-5-17-32)54-51(56-52)33-18-6-2-7-19-33/h1-30H. The third-order valence-corrected chi connectivity index (χ3v) is 11.4. The van der Waals surface area contributed by atoms with Crippen molar-refractivity contribution < 1.29 is 4.42 Å². The number of benzene rings is 8. The molecule has 4 aromatic heterocycles. The van der Waals surface area contributed by atoms with Crippen molar-refractivity contribution in [3.63, 3.8) is 0 Å². The monoisotopic (exact) mass is 754 g/mol. The molecule has 0 spiro atoms. The molecule has 0 saturated heterocycles. The highest BCUT2D eigenvalue weighted by Crippen LogP contribution is 2.46. The molecule has 0 bridgehead atoms. The van der Waals surface area contributed by atoms with Gasteiger partial charge in [-0.05, 0) is 42.5 Å². The van der Waals surface area contributed by atoms with Crippen molar-refractivity contribution in [2.45, 2.75) is 0 Å². The third kappa shape index (κ3) is 4.90. The molecule has 0 amide bonds. The Morgan fingerprint density at radius 2 is 1.02 bits per heavy atom. The van der Waals surface area contributed by atoms with Crippen LogP contribution >= 0.6 is 0 Å². The Morgan fingerprint density at radius 1 is 0.458 bits per heavy atom. The summed E-state index contributed by atoms with van der Waals surface area (Å²) in [4.78, 5) is 15.2. The van der Waals surface area contributed by atoms with E-state index in [4.69, 9.17) is 19.4 Å². The smallest absolute Gasteiger partial charge is 0.166 e. The minimum atomic E-state index is 0.396. The Bertz CT molecular complexity index is 3610. The minimum Gasteiger partial charge on any atom is -0.454 e. The number of rotatable bonds is 5. The van der Waals surface area contributed by atoms with E-state index in [2.05, 4.69) is 100 Å². The Kier molecular flexibility index (Phi) is 7.16. The van der Waals surface area contributed by atoms with Gasteiger partial charge in [-0.1, -0.05) is 140 Å². The Morgan fingerprint density at radius 3 is 1.69 bits per heavy atom. The van der Waals surface area contributed by atoms with Gasteiger partial charge in [0.25, 0.3) is 0 Å². The molecule has 7 heteroatoms. The molecule has 12 rings (SSSR count). The molecule has 0 radical (unpaired) electrons. The molecule has 59 heavy (non-hydrogen) atoms. The lowest BCUT2D eigenvalue weighted by molar-refractivity contribution is 0.666. The largest absolute Gasteiger partial charge is 0.454 e. The van der Waals surface area contributed by atoms with Crippen molar-refractivity contribution in [2.24, 2.45) is 0 Å². The average molecular weight is 755 g/mol. The lowest BCUT2D eigenvalue weighted by Gasteiger charge is -2.14. The van der Waals surface area contributed by atoms with E-state index in [1.807, 2.05) is 97.1 Å². The topological polar surface area (TPSA) is 85.5 Å². The number of furan rings is 1. The zero-order chi connectivity index (χ0) is 39.0. The molecule has 8 aromatic carbocycles. The number of nitriles is 1. The van der Waals surface area contributed by atoms with Gasteiger partial charge in [-0.15, -0.1) is 0 Å². The summed E-state index contributed by atoms with van der Waals surface area (Å²) in [6.07, 6.45) is 0. The van der Waals surface area contributed by atoms with E-state index in [-0.39, 0.29) is 0 Å². The summed E-state index contributed by atoms with van der Waals surface area (Å²) in [5.41, 5.74) is 10.1. The van der Waals surface area contributed by atoms with Gasteiger partial charge in [-0.2, -0.15) is 5.26 Å². The summed E-state index contributed by atoms with van der Waals surface area (Å²) in [5.74, 6) is 1.43. The summed E-state index contributed by atoms with van der Waals surface area (Å²) >= 11 is 0. The first kappa shape index (κ1) is 32.9. The van der Waals surface area contributed by atoms with Crippen molar-refractivity contribution in [3.05, 3.63) is 188 Å². The predicted octanol–water partition coefficient (Wildman–Crippen LogP) is 12.8. The SMILES string of the molecule is N#Cc1cc(-n2c3ccccc3c3ccc4c(c5ccccc5n4-c4ccccc4)c32)c2oc3ccccc3c2c1-c1nc(-c2ccccc2)nc(-c2ccccc2)n1. The summed E-state index contributed by atoms with van der Waals surface area (Å²) in [5, 5.41) is 17.3. The maximum absolute atomic E-state index is 11.2. The van der Waals surface area contributed by atoms with Crippen molar-refractivity contribution >= 4 is 65.6 Å². The van der Waals surface area contributed by atoms with Gasteiger partial charge in [0.1, 0.15) is 5.58 Å². The van der Waals surface area contributed by atoms with E-state index >= 15 is 0 Å². The second-order valence-electron chi connectivity index (χ2n) is 14.7. The molecule has 7 nitrogen and oxygen atoms in total. The van der Waals surface area contributed by atoms with Crippen LogP contribution in [0.3, 0.4) is 0 Å². The quantitative estimate of drug-likeness (QED) is 0.175. The minimum absolute atomic E-state index is 0.396. The van der Waals surface area contributed by atoms with Crippen LogP contribution < -0.4 is 0 Å². The van der Waals surface area contributed by atoms with Gasteiger partial charge in [0.05, 0.1) is 39.4 Å². The highest BCUT2D eigenvalue weighted by atomic mass is 16.3. The molecule has 0 N–H and O–H groups in total. The lowest BCUT2D eigenvalue weighted by atomic mass is 9.98. The van der Waals surface area contributed by atoms with Crippen molar-refractivity contribution in [2.75, 3.05) is 0 Å². The summed E-state index contributed by atoms with van der Waals surface area (Å²) in [6, 6.07) is 64.3. The molecule has 274 valence electrons. The molecule has 0 aliphatic heterocycles. The molecule has 0 aliphatic rings. The second kappa shape index (κ2) is 12.8. The number of fused-ring (bicyclic) bond motifs is 10. The number of aromatic nitrogens is 5. The van der Waals surface area contributed by atoms with E-state index in [1.165, 1.54) is 0 Å². The van der Waals surface area contributed by atoms with Gasteiger partial charge < -0.3 is 13.6 Å². The van der Waals surface area contributed by atoms with Crippen molar-refractivity contribution in [1.82, 2.24) is 24.1 Å². The second-order valence-corrected chi connectivity index (χ2v) is 14.7. The molecule has 0 saturated carbocycles. The number of nitrogens with zero attached hydrogens (tertiary/aromatic N) is 6. The summed E-state index contributed by atoms with van der Waals surface area (Å²) in [7, 11) is 0. The fourth-order valence-electron chi connectivity index (χ4n) is 8.90. The van der Waals surface area contributed by atoms with Crippen molar-refractivity contribution in [3.8, 4) is 51.6 Å². The first-order valence-corrected chi connectivity index (χ1v) is 19.5. The fraction of sp³-hybridized carbons (Fsp3) is 0. The van der Waals surface area contributed by atoms with Crippen LogP contribution in [-0.2, 0) is 0 Å². The van der Waals surface area contributed by atoms with Crippen LogP contribution in [0.5, 0.6) is 0 Å². The Balaban J connectivity index is 1.24. The Hall–Kier alpha value is -8.34.